The molecule has 0 atom stereocenters. The lowest BCUT2D eigenvalue weighted by molar-refractivity contribution is 0.423. The molecule has 13 heavy (non-hydrogen) atoms. The number of halogens is 1. The largest absolute Gasteiger partial charge is 0.334 e. The molecule has 0 amide bonds. The fraction of sp³-hybridized carbons (Fsp3) is 0.250. The van der Waals surface area contributed by atoms with E-state index in [0.29, 0.717) is 5.89 Å². The van der Waals surface area contributed by atoms with E-state index in [4.69, 9.17) is 4.52 Å². The first-order valence-electron chi connectivity index (χ1n) is 3.86. The van der Waals surface area contributed by atoms with Crippen molar-refractivity contribution in [2.45, 2.75) is 13.3 Å². The first kappa shape index (κ1) is 9.14. The molecule has 0 aliphatic carbocycles. The topological polar surface area (TPSA) is 38.9 Å². The number of thiophene rings is 1. The van der Waals surface area contributed by atoms with E-state index in [9.17, 15) is 0 Å². The summed E-state index contributed by atoms with van der Waals surface area (Å²) in [5.41, 5.74) is 1.02. The Morgan fingerprint density at radius 3 is 3.00 bits per heavy atom. The molecule has 0 saturated carbocycles. The van der Waals surface area contributed by atoms with Crippen molar-refractivity contribution < 1.29 is 4.52 Å². The van der Waals surface area contributed by atoms with Gasteiger partial charge in [0.2, 0.25) is 0 Å². The molecule has 2 heterocycles. The average Bonchev–Trinajstić information content (AvgIpc) is 2.71. The van der Waals surface area contributed by atoms with Gasteiger partial charge in [-0.05, 0) is 28.7 Å². The highest BCUT2D eigenvalue weighted by Gasteiger charge is 2.08. The monoisotopic (exact) mass is 306 g/mol. The van der Waals surface area contributed by atoms with Crippen LogP contribution in [-0.4, -0.2) is 10.1 Å². The van der Waals surface area contributed by atoms with E-state index in [0.717, 1.165) is 17.8 Å². The molecule has 0 aliphatic rings. The summed E-state index contributed by atoms with van der Waals surface area (Å²) in [4.78, 5) is 4.24. The maximum Gasteiger partial charge on any atom is 0.258 e. The fourth-order valence-corrected chi connectivity index (χ4v) is 2.26. The fourth-order valence-electron chi connectivity index (χ4n) is 0.937. The Bertz CT molecular complexity index is 410. The Balaban J connectivity index is 2.35. The van der Waals surface area contributed by atoms with Crippen molar-refractivity contribution in [1.82, 2.24) is 10.1 Å². The minimum absolute atomic E-state index is 0.621. The van der Waals surface area contributed by atoms with E-state index in [2.05, 4.69) is 32.7 Å². The summed E-state index contributed by atoms with van der Waals surface area (Å²) in [5.74, 6) is 1.38. The molecule has 0 spiro atoms. The van der Waals surface area contributed by atoms with Crippen molar-refractivity contribution >= 4 is 33.9 Å². The molecule has 0 fully saturated rings. The van der Waals surface area contributed by atoms with Crippen LogP contribution in [0, 0.1) is 2.88 Å². The lowest BCUT2D eigenvalue weighted by Crippen LogP contribution is -1.81. The van der Waals surface area contributed by atoms with Gasteiger partial charge in [0, 0.05) is 11.8 Å². The van der Waals surface area contributed by atoms with Crippen LogP contribution in [0.15, 0.2) is 16.0 Å². The SMILES string of the molecule is CCc1noc(-c2csc(I)c2)n1. The van der Waals surface area contributed by atoms with Crippen LogP contribution < -0.4 is 0 Å². The van der Waals surface area contributed by atoms with Crippen LogP contribution in [0.1, 0.15) is 12.7 Å². The number of hydrogen-bond acceptors (Lipinski definition) is 4. The second-order valence-electron chi connectivity index (χ2n) is 2.51. The van der Waals surface area contributed by atoms with Crippen molar-refractivity contribution in [3.63, 3.8) is 0 Å². The maximum atomic E-state index is 5.10. The highest BCUT2D eigenvalue weighted by molar-refractivity contribution is 14.1. The van der Waals surface area contributed by atoms with Gasteiger partial charge in [-0.3, -0.25) is 0 Å². The molecule has 0 bridgehead atoms. The van der Waals surface area contributed by atoms with Gasteiger partial charge in [-0.25, -0.2) is 0 Å². The van der Waals surface area contributed by atoms with E-state index in [1.807, 2.05) is 18.4 Å². The minimum atomic E-state index is 0.621. The Labute approximate surface area is 93.3 Å². The summed E-state index contributed by atoms with van der Waals surface area (Å²) in [6, 6.07) is 2.04. The van der Waals surface area contributed by atoms with Gasteiger partial charge < -0.3 is 4.52 Å². The Kier molecular flexibility index (Phi) is 2.63. The van der Waals surface area contributed by atoms with Gasteiger partial charge in [0.05, 0.1) is 8.45 Å². The van der Waals surface area contributed by atoms with Crippen molar-refractivity contribution in [1.29, 1.82) is 0 Å². The van der Waals surface area contributed by atoms with Crippen LogP contribution in [0.25, 0.3) is 11.5 Å². The number of nitrogens with zero attached hydrogens (tertiary/aromatic N) is 2. The quantitative estimate of drug-likeness (QED) is 0.801. The van der Waals surface area contributed by atoms with Crippen molar-refractivity contribution in [3.8, 4) is 11.5 Å². The van der Waals surface area contributed by atoms with Gasteiger partial charge in [-0.15, -0.1) is 11.3 Å². The third-order valence-corrected chi connectivity index (χ3v) is 3.39. The molecule has 0 aromatic carbocycles. The van der Waals surface area contributed by atoms with Crippen LogP contribution in [0.4, 0.5) is 0 Å². The first-order chi connectivity index (χ1) is 6.29. The predicted molar refractivity (Wildman–Crippen MR) is 59.7 cm³/mol. The first-order valence-corrected chi connectivity index (χ1v) is 5.82. The molecule has 0 aliphatic heterocycles. The molecule has 68 valence electrons. The summed E-state index contributed by atoms with van der Waals surface area (Å²) in [6.45, 7) is 2.01. The van der Waals surface area contributed by atoms with Crippen molar-refractivity contribution in [2.75, 3.05) is 0 Å². The lowest BCUT2D eigenvalue weighted by Gasteiger charge is -1.82. The highest BCUT2D eigenvalue weighted by atomic mass is 127. The summed E-state index contributed by atoms with van der Waals surface area (Å²) >= 11 is 3.95. The molecular weight excluding hydrogens is 299 g/mol. The minimum Gasteiger partial charge on any atom is -0.334 e. The van der Waals surface area contributed by atoms with Crippen LogP contribution in [0.3, 0.4) is 0 Å². The van der Waals surface area contributed by atoms with Crippen molar-refractivity contribution in [3.05, 3.63) is 20.2 Å². The van der Waals surface area contributed by atoms with E-state index in [-0.39, 0.29) is 0 Å². The molecule has 2 aromatic rings. The third-order valence-electron chi connectivity index (χ3n) is 1.60. The molecule has 2 aromatic heterocycles. The number of hydrogen-bond donors (Lipinski definition) is 0. The second kappa shape index (κ2) is 3.75. The average molecular weight is 306 g/mol. The zero-order chi connectivity index (χ0) is 9.26. The van der Waals surface area contributed by atoms with Gasteiger partial charge in [0.15, 0.2) is 5.82 Å². The normalized spacial score (nSPS) is 10.6. The van der Waals surface area contributed by atoms with Gasteiger partial charge in [-0.2, -0.15) is 4.98 Å². The van der Waals surface area contributed by atoms with Gasteiger partial charge >= 0.3 is 0 Å². The molecule has 3 nitrogen and oxygen atoms in total. The molecule has 0 N–H and O–H groups in total. The van der Waals surface area contributed by atoms with E-state index in [1.165, 1.54) is 2.88 Å². The third kappa shape index (κ3) is 1.91. The zero-order valence-electron chi connectivity index (χ0n) is 6.95. The number of aryl methyl sites for hydroxylation is 1. The van der Waals surface area contributed by atoms with Gasteiger partial charge in [-0.1, -0.05) is 12.1 Å². The van der Waals surface area contributed by atoms with Crippen LogP contribution in [-0.2, 0) is 6.42 Å². The molecule has 0 radical (unpaired) electrons. The van der Waals surface area contributed by atoms with Gasteiger partial charge in [0.1, 0.15) is 0 Å². The molecule has 0 unspecified atom stereocenters. The van der Waals surface area contributed by atoms with Crippen LogP contribution >= 0.6 is 33.9 Å². The molecule has 0 saturated heterocycles. The van der Waals surface area contributed by atoms with Crippen LogP contribution in [0.2, 0.25) is 0 Å². The van der Waals surface area contributed by atoms with E-state index in [1.54, 1.807) is 11.3 Å². The number of aromatic nitrogens is 2. The standard InChI is InChI=1S/C8H7IN2OS/c1-2-7-10-8(12-11-7)5-3-6(9)13-4-5/h3-4H,2H2,1H3. The van der Waals surface area contributed by atoms with E-state index >= 15 is 0 Å². The number of rotatable bonds is 2. The molecule has 5 heteroatoms. The Hall–Kier alpha value is -0.430. The highest BCUT2D eigenvalue weighted by Crippen LogP contribution is 2.25. The summed E-state index contributed by atoms with van der Waals surface area (Å²) in [6.07, 6.45) is 0.810. The predicted octanol–water partition coefficient (Wildman–Crippen LogP) is 2.97. The molecular formula is C8H7IN2OS. The van der Waals surface area contributed by atoms with Crippen LogP contribution in [0.5, 0.6) is 0 Å². The lowest BCUT2D eigenvalue weighted by atomic mass is 10.3. The Morgan fingerprint density at radius 2 is 2.46 bits per heavy atom. The van der Waals surface area contributed by atoms with Crippen molar-refractivity contribution in [2.24, 2.45) is 0 Å². The summed E-state index contributed by atoms with van der Waals surface area (Å²) in [7, 11) is 0. The second-order valence-corrected chi connectivity index (χ2v) is 5.31. The van der Waals surface area contributed by atoms with Gasteiger partial charge in [0.25, 0.3) is 5.89 Å². The maximum absolute atomic E-state index is 5.10. The molecule has 2 rings (SSSR count). The zero-order valence-corrected chi connectivity index (χ0v) is 9.92. The summed E-state index contributed by atoms with van der Waals surface area (Å²) in [5, 5.41) is 5.86. The Morgan fingerprint density at radius 1 is 1.62 bits per heavy atom. The van der Waals surface area contributed by atoms with E-state index < -0.39 is 0 Å². The smallest absolute Gasteiger partial charge is 0.258 e. The summed E-state index contributed by atoms with van der Waals surface area (Å²) < 4.78 is 6.32.